The topological polar surface area (TPSA) is 12.9 Å². The van der Waals surface area contributed by atoms with E-state index in [0.717, 1.165) is 22.5 Å². The van der Waals surface area contributed by atoms with Crippen LogP contribution in [0.3, 0.4) is 0 Å². The number of benzene rings is 8. The number of rotatable bonds is 5. The first-order valence-corrected chi connectivity index (χ1v) is 16.5. The average Bonchev–Trinajstić information content (AvgIpc) is 3.17. The molecular formula is C47H31N. The fraction of sp³-hybridized carbons (Fsp3) is 0. The largest absolute Gasteiger partial charge is 0.248 e. The SMILES string of the molecule is c1ccc(-c2cccc(-c3ccc4c(-c5ccccc5)c5cc(-c6cccc7ccccc67)ccc5c(-c5ccccc5)c4c3)n2)cc1. The molecule has 0 N–H and O–H groups in total. The summed E-state index contributed by atoms with van der Waals surface area (Å²) in [4.78, 5) is 5.14. The van der Waals surface area contributed by atoms with Crippen LogP contribution in [0.2, 0.25) is 0 Å². The van der Waals surface area contributed by atoms with Crippen molar-refractivity contribution in [1.82, 2.24) is 4.98 Å². The first kappa shape index (κ1) is 28.0. The van der Waals surface area contributed by atoms with Gasteiger partial charge in [0.25, 0.3) is 0 Å². The highest BCUT2D eigenvalue weighted by Gasteiger charge is 2.19. The maximum atomic E-state index is 5.14. The molecule has 0 unspecified atom stereocenters. The highest BCUT2D eigenvalue weighted by molar-refractivity contribution is 6.22. The van der Waals surface area contributed by atoms with E-state index in [1.807, 2.05) is 6.07 Å². The summed E-state index contributed by atoms with van der Waals surface area (Å²) in [5, 5.41) is 7.44. The zero-order chi connectivity index (χ0) is 31.9. The molecule has 0 saturated carbocycles. The van der Waals surface area contributed by atoms with Gasteiger partial charge in [0, 0.05) is 11.1 Å². The molecule has 1 heteroatoms. The van der Waals surface area contributed by atoms with Gasteiger partial charge in [-0.1, -0.05) is 164 Å². The van der Waals surface area contributed by atoms with Gasteiger partial charge in [-0.3, -0.25) is 0 Å². The molecule has 0 aliphatic rings. The van der Waals surface area contributed by atoms with Crippen molar-refractivity contribution in [3.8, 4) is 55.9 Å². The van der Waals surface area contributed by atoms with Crippen molar-refractivity contribution in [2.24, 2.45) is 0 Å². The summed E-state index contributed by atoms with van der Waals surface area (Å²) in [5.74, 6) is 0. The van der Waals surface area contributed by atoms with E-state index in [0.29, 0.717) is 0 Å². The third-order valence-corrected chi connectivity index (χ3v) is 9.46. The van der Waals surface area contributed by atoms with Crippen molar-refractivity contribution in [1.29, 1.82) is 0 Å². The van der Waals surface area contributed by atoms with Gasteiger partial charge >= 0.3 is 0 Å². The minimum Gasteiger partial charge on any atom is -0.248 e. The Kier molecular flexibility index (Phi) is 6.87. The Labute approximate surface area is 280 Å². The van der Waals surface area contributed by atoms with Gasteiger partial charge in [0.05, 0.1) is 11.4 Å². The summed E-state index contributed by atoms with van der Waals surface area (Å²) in [6, 6.07) is 67.6. The fourth-order valence-electron chi connectivity index (χ4n) is 7.23. The monoisotopic (exact) mass is 609 g/mol. The number of hydrogen-bond acceptors (Lipinski definition) is 1. The second kappa shape index (κ2) is 11.8. The molecule has 0 bridgehead atoms. The number of fused-ring (bicyclic) bond motifs is 3. The van der Waals surface area contributed by atoms with Crippen LogP contribution in [0.15, 0.2) is 188 Å². The predicted molar refractivity (Wildman–Crippen MR) is 204 cm³/mol. The summed E-state index contributed by atoms with van der Waals surface area (Å²) in [6.45, 7) is 0. The lowest BCUT2D eigenvalue weighted by Crippen LogP contribution is -1.93. The Hall–Kier alpha value is -6.31. The van der Waals surface area contributed by atoms with Crippen LogP contribution >= 0.6 is 0 Å². The Morgan fingerprint density at radius 1 is 0.271 bits per heavy atom. The molecule has 8 aromatic carbocycles. The van der Waals surface area contributed by atoms with Crippen molar-refractivity contribution in [2.75, 3.05) is 0 Å². The molecule has 0 aliphatic heterocycles. The highest BCUT2D eigenvalue weighted by atomic mass is 14.7. The summed E-state index contributed by atoms with van der Waals surface area (Å²) in [5.41, 5.74) is 11.5. The molecule has 0 spiro atoms. The summed E-state index contributed by atoms with van der Waals surface area (Å²) < 4.78 is 0. The van der Waals surface area contributed by atoms with Crippen LogP contribution in [0.5, 0.6) is 0 Å². The molecule has 0 atom stereocenters. The quantitative estimate of drug-likeness (QED) is 0.177. The van der Waals surface area contributed by atoms with Crippen molar-refractivity contribution in [2.45, 2.75) is 0 Å². The zero-order valence-corrected chi connectivity index (χ0v) is 26.3. The first-order valence-electron chi connectivity index (χ1n) is 16.5. The molecule has 1 nitrogen and oxygen atoms in total. The van der Waals surface area contributed by atoms with Crippen molar-refractivity contribution in [3.05, 3.63) is 188 Å². The third-order valence-electron chi connectivity index (χ3n) is 9.46. The van der Waals surface area contributed by atoms with Crippen LogP contribution < -0.4 is 0 Å². The van der Waals surface area contributed by atoms with E-state index >= 15 is 0 Å². The van der Waals surface area contributed by atoms with Gasteiger partial charge in [-0.25, -0.2) is 4.98 Å². The smallest absolute Gasteiger partial charge is 0.0709 e. The van der Waals surface area contributed by atoms with Crippen molar-refractivity contribution >= 4 is 32.3 Å². The average molecular weight is 610 g/mol. The van der Waals surface area contributed by atoms with E-state index < -0.39 is 0 Å². The second-order valence-electron chi connectivity index (χ2n) is 12.3. The van der Waals surface area contributed by atoms with E-state index in [1.165, 1.54) is 65.7 Å². The molecule has 0 radical (unpaired) electrons. The second-order valence-corrected chi connectivity index (χ2v) is 12.3. The van der Waals surface area contributed by atoms with Gasteiger partial charge in [-0.15, -0.1) is 0 Å². The number of aromatic nitrogens is 1. The summed E-state index contributed by atoms with van der Waals surface area (Å²) in [7, 11) is 0. The lowest BCUT2D eigenvalue weighted by atomic mass is 9.84. The van der Waals surface area contributed by atoms with E-state index in [9.17, 15) is 0 Å². The van der Waals surface area contributed by atoms with Gasteiger partial charge in [0.15, 0.2) is 0 Å². The molecule has 0 amide bonds. The van der Waals surface area contributed by atoms with E-state index in [1.54, 1.807) is 0 Å². The molecule has 1 aromatic heterocycles. The molecule has 1 heterocycles. The maximum absolute atomic E-state index is 5.14. The predicted octanol–water partition coefficient (Wildman–Crippen LogP) is 12.9. The van der Waals surface area contributed by atoms with Crippen LogP contribution in [0.4, 0.5) is 0 Å². The molecule has 48 heavy (non-hydrogen) atoms. The lowest BCUT2D eigenvalue weighted by Gasteiger charge is -2.20. The van der Waals surface area contributed by atoms with Gasteiger partial charge < -0.3 is 0 Å². The standard InChI is InChI=1S/C47H31N/c1-4-15-33(16-5-1)44-24-13-25-45(48-44)37-27-29-41-43(31-37)47(35-19-8-3-9-20-35)40-28-26-36(30-42(40)46(41)34-17-6-2-7-18-34)39-23-12-21-32-14-10-11-22-38(32)39/h1-31H. The normalized spacial score (nSPS) is 11.3. The molecule has 0 aliphatic carbocycles. The fourth-order valence-corrected chi connectivity index (χ4v) is 7.23. The molecular weight excluding hydrogens is 579 g/mol. The van der Waals surface area contributed by atoms with Crippen LogP contribution in [0.25, 0.3) is 88.2 Å². The number of hydrogen-bond donors (Lipinski definition) is 0. The highest BCUT2D eigenvalue weighted by Crippen LogP contribution is 2.46. The lowest BCUT2D eigenvalue weighted by molar-refractivity contribution is 1.33. The Bertz CT molecular complexity index is 2580. The minimum atomic E-state index is 0.963. The Morgan fingerprint density at radius 3 is 1.40 bits per heavy atom. The van der Waals surface area contributed by atoms with Gasteiger partial charge in [-0.05, 0) is 90.0 Å². The minimum absolute atomic E-state index is 0.963. The summed E-state index contributed by atoms with van der Waals surface area (Å²) in [6.07, 6.45) is 0. The molecule has 0 saturated heterocycles. The third kappa shape index (κ3) is 4.85. The van der Waals surface area contributed by atoms with E-state index in [-0.39, 0.29) is 0 Å². The van der Waals surface area contributed by atoms with Crippen LogP contribution in [0.1, 0.15) is 0 Å². The number of nitrogens with zero attached hydrogens (tertiary/aromatic N) is 1. The molecule has 0 fully saturated rings. The van der Waals surface area contributed by atoms with Crippen LogP contribution in [-0.2, 0) is 0 Å². The van der Waals surface area contributed by atoms with Gasteiger partial charge in [0.1, 0.15) is 0 Å². The van der Waals surface area contributed by atoms with Gasteiger partial charge in [-0.2, -0.15) is 0 Å². The molecule has 9 rings (SSSR count). The van der Waals surface area contributed by atoms with Crippen LogP contribution in [0, 0.1) is 0 Å². The first-order chi connectivity index (χ1) is 23.8. The number of pyridine rings is 1. The van der Waals surface area contributed by atoms with Crippen molar-refractivity contribution in [3.63, 3.8) is 0 Å². The Morgan fingerprint density at radius 2 is 0.750 bits per heavy atom. The van der Waals surface area contributed by atoms with Crippen LogP contribution in [-0.4, -0.2) is 4.98 Å². The van der Waals surface area contributed by atoms with Gasteiger partial charge in [0.2, 0.25) is 0 Å². The Balaban J connectivity index is 1.36. The van der Waals surface area contributed by atoms with E-state index in [2.05, 4.69) is 182 Å². The molecule has 224 valence electrons. The maximum Gasteiger partial charge on any atom is 0.0709 e. The molecule has 9 aromatic rings. The summed E-state index contributed by atoms with van der Waals surface area (Å²) >= 11 is 0. The van der Waals surface area contributed by atoms with Crippen molar-refractivity contribution < 1.29 is 0 Å². The zero-order valence-electron chi connectivity index (χ0n) is 26.3. The van der Waals surface area contributed by atoms with E-state index in [4.69, 9.17) is 4.98 Å².